The van der Waals surface area contributed by atoms with E-state index in [4.69, 9.17) is 11.5 Å². The molecule has 1 aliphatic heterocycles. The average Bonchev–Trinajstić information content (AvgIpc) is 2.28. The Labute approximate surface area is 92.9 Å². The number of hydrogen-bond donors (Lipinski definition) is 2. The van der Waals surface area contributed by atoms with Gasteiger partial charge in [0, 0.05) is 25.2 Å². The van der Waals surface area contributed by atoms with Gasteiger partial charge >= 0.3 is 0 Å². The van der Waals surface area contributed by atoms with Gasteiger partial charge < -0.3 is 10.4 Å². The highest BCUT2D eigenvalue weighted by Crippen LogP contribution is 2.10. The summed E-state index contributed by atoms with van der Waals surface area (Å²) in [7, 11) is 0. The highest BCUT2D eigenvalue weighted by molar-refractivity contribution is 4.90. The summed E-state index contributed by atoms with van der Waals surface area (Å²) in [6, 6.07) is 0.810. The highest BCUT2D eigenvalue weighted by atomic mass is 16.3. The molecule has 1 aliphatic rings. The lowest BCUT2D eigenvalue weighted by molar-refractivity contribution is 0.180. The Balaban J connectivity index is 2.22. The van der Waals surface area contributed by atoms with E-state index < -0.39 is 0 Å². The van der Waals surface area contributed by atoms with Crippen LogP contribution in [0.25, 0.3) is 0 Å². The standard InChI is InChI=1S/C12H22N2O/c1-3-7-14-8-5-12(6-9-14)13-11(4-2)10-15/h1,11-13,15H,4-10H2,2H3. The Morgan fingerprint density at radius 1 is 1.53 bits per heavy atom. The third-order valence-corrected chi connectivity index (χ3v) is 3.09. The van der Waals surface area contributed by atoms with E-state index in [9.17, 15) is 0 Å². The van der Waals surface area contributed by atoms with Crippen LogP contribution in [0.1, 0.15) is 26.2 Å². The molecule has 1 atom stereocenters. The van der Waals surface area contributed by atoms with Gasteiger partial charge in [0.2, 0.25) is 0 Å². The van der Waals surface area contributed by atoms with E-state index in [2.05, 4.69) is 23.1 Å². The Morgan fingerprint density at radius 2 is 2.20 bits per heavy atom. The van der Waals surface area contributed by atoms with Crippen LogP contribution in [0.15, 0.2) is 0 Å². The van der Waals surface area contributed by atoms with E-state index in [1.165, 1.54) is 0 Å². The van der Waals surface area contributed by atoms with E-state index in [0.717, 1.165) is 38.9 Å². The van der Waals surface area contributed by atoms with Gasteiger partial charge in [0.1, 0.15) is 0 Å². The van der Waals surface area contributed by atoms with E-state index in [-0.39, 0.29) is 12.6 Å². The molecule has 2 N–H and O–H groups in total. The van der Waals surface area contributed by atoms with Crippen molar-refractivity contribution in [3.05, 3.63) is 0 Å². The summed E-state index contributed by atoms with van der Waals surface area (Å²) in [5.74, 6) is 2.68. The first-order valence-corrected chi connectivity index (χ1v) is 5.82. The van der Waals surface area contributed by atoms with E-state index in [1.54, 1.807) is 0 Å². The molecule has 0 saturated carbocycles. The molecular formula is C12H22N2O. The molecule has 86 valence electrons. The van der Waals surface area contributed by atoms with Gasteiger partial charge in [-0.05, 0) is 19.3 Å². The molecule has 0 amide bonds. The normalized spacial score (nSPS) is 21.1. The second kappa shape index (κ2) is 6.84. The minimum absolute atomic E-state index is 0.237. The summed E-state index contributed by atoms with van der Waals surface area (Å²) >= 11 is 0. The number of piperidine rings is 1. The number of hydrogen-bond acceptors (Lipinski definition) is 3. The maximum absolute atomic E-state index is 9.09. The smallest absolute Gasteiger partial charge is 0.0598 e. The first-order valence-electron chi connectivity index (χ1n) is 5.82. The molecular weight excluding hydrogens is 188 g/mol. The SMILES string of the molecule is C#CCN1CCC(NC(CC)CO)CC1. The van der Waals surface area contributed by atoms with Crippen LogP contribution in [0.2, 0.25) is 0 Å². The molecule has 3 nitrogen and oxygen atoms in total. The molecule has 15 heavy (non-hydrogen) atoms. The summed E-state index contributed by atoms with van der Waals surface area (Å²) in [5, 5.41) is 12.6. The van der Waals surface area contributed by atoms with Crippen molar-refractivity contribution in [2.24, 2.45) is 0 Å². The predicted molar refractivity (Wildman–Crippen MR) is 62.6 cm³/mol. The topological polar surface area (TPSA) is 35.5 Å². The lowest BCUT2D eigenvalue weighted by atomic mass is 10.0. The first-order chi connectivity index (χ1) is 7.30. The fourth-order valence-electron chi connectivity index (χ4n) is 2.02. The van der Waals surface area contributed by atoms with Crippen molar-refractivity contribution in [2.45, 2.75) is 38.3 Å². The van der Waals surface area contributed by atoms with Crippen molar-refractivity contribution in [2.75, 3.05) is 26.2 Å². The molecule has 0 aromatic rings. The van der Waals surface area contributed by atoms with Gasteiger partial charge in [-0.3, -0.25) is 4.90 Å². The van der Waals surface area contributed by atoms with Crippen LogP contribution in [-0.4, -0.2) is 48.3 Å². The largest absolute Gasteiger partial charge is 0.395 e. The van der Waals surface area contributed by atoms with Gasteiger partial charge in [-0.2, -0.15) is 0 Å². The molecule has 1 unspecified atom stereocenters. The van der Waals surface area contributed by atoms with Gasteiger partial charge in [0.05, 0.1) is 13.2 Å². The highest BCUT2D eigenvalue weighted by Gasteiger charge is 2.19. The van der Waals surface area contributed by atoms with E-state index >= 15 is 0 Å². The van der Waals surface area contributed by atoms with Crippen molar-refractivity contribution in [3.63, 3.8) is 0 Å². The molecule has 0 spiro atoms. The van der Waals surface area contributed by atoms with Crippen molar-refractivity contribution < 1.29 is 5.11 Å². The van der Waals surface area contributed by atoms with Crippen LogP contribution >= 0.6 is 0 Å². The van der Waals surface area contributed by atoms with Crippen LogP contribution in [-0.2, 0) is 0 Å². The number of nitrogens with zero attached hydrogens (tertiary/aromatic N) is 1. The van der Waals surface area contributed by atoms with E-state index in [0.29, 0.717) is 6.04 Å². The molecule has 1 rings (SSSR count). The summed E-state index contributed by atoms with van der Waals surface area (Å²) in [6.45, 7) is 5.25. The maximum atomic E-state index is 9.09. The third kappa shape index (κ3) is 4.21. The minimum atomic E-state index is 0.237. The molecule has 0 radical (unpaired) electrons. The molecule has 0 bridgehead atoms. The Hall–Kier alpha value is -0.560. The summed E-state index contributed by atoms with van der Waals surface area (Å²) in [6.07, 6.45) is 8.54. The Morgan fingerprint density at radius 3 is 2.67 bits per heavy atom. The van der Waals surface area contributed by atoms with Crippen LogP contribution in [0, 0.1) is 12.3 Å². The van der Waals surface area contributed by atoms with Crippen LogP contribution in [0.5, 0.6) is 0 Å². The molecule has 1 heterocycles. The molecule has 3 heteroatoms. The van der Waals surface area contributed by atoms with Gasteiger partial charge in [0.25, 0.3) is 0 Å². The number of likely N-dealkylation sites (tertiary alicyclic amines) is 1. The van der Waals surface area contributed by atoms with Crippen molar-refractivity contribution in [1.29, 1.82) is 0 Å². The maximum Gasteiger partial charge on any atom is 0.0598 e. The monoisotopic (exact) mass is 210 g/mol. The third-order valence-electron chi connectivity index (χ3n) is 3.09. The van der Waals surface area contributed by atoms with Gasteiger partial charge in [-0.15, -0.1) is 6.42 Å². The molecule has 1 saturated heterocycles. The zero-order valence-corrected chi connectivity index (χ0v) is 9.58. The average molecular weight is 210 g/mol. The molecule has 0 aromatic heterocycles. The second-order valence-electron chi connectivity index (χ2n) is 4.21. The van der Waals surface area contributed by atoms with Gasteiger partial charge in [0.15, 0.2) is 0 Å². The molecule has 1 fully saturated rings. The number of rotatable bonds is 5. The lowest BCUT2D eigenvalue weighted by Gasteiger charge is -2.33. The number of aliphatic hydroxyl groups is 1. The lowest BCUT2D eigenvalue weighted by Crippen LogP contribution is -2.47. The minimum Gasteiger partial charge on any atom is -0.395 e. The summed E-state index contributed by atoms with van der Waals surface area (Å²) in [4.78, 5) is 2.30. The Bertz CT molecular complexity index is 200. The summed E-state index contributed by atoms with van der Waals surface area (Å²) in [5.41, 5.74) is 0. The quantitative estimate of drug-likeness (QED) is 0.647. The number of nitrogens with one attached hydrogen (secondary N) is 1. The van der Waals surface area contributed by atoms with Crippen molar-refractivity contribution in [3.8, 4) is 12.3 Å². The number of aliphatic hydroxyl groups excluding tert-OH is 1. The fourth-order valence-corrected chi connectivity index (χ4v) is 2.02. The molecule has 0 aliphatic carbocycles. The number of terminal acetylenes is 1. The predicted octanol–water partition coefficient (Wildman–Crippen LogP) is 0.444. The van der Waals surface area contributed by atoms with Crippen LogP contribution in [0.4, 0.5) is 0 Å². The van der Waals surface area contributed by atoms with Crippen molar-refractivity contribution >= 4 is 0 Å². The van der Waals surface area contributed by atoms with Gasteiger partial charge in [-0.25, -0.2) is 0 Å². The first kappa shape index (κ1) is 12.5. The van der Waals surface area contributed by atoms with Crippen LogP contribution < -0.4 is 5.32 Å². The Kier molecular flexibility index (Phi) is 5.70. The van der Waals surface area contributed by atoms with Gasteiger partial charge in [-0.1, -0.05) is 12.8 Å². The second-order valence-corrected chi connectivity index (χ2v) is 4.21. The van der Waals surface area contributed by atoms with E-state index in [1.807, 2.05) is 0 Å². The zero-order chi connectivity index (χ0) is 11.1. The van der Waals surface area contributed by atoms with Crippen LogP contribution in [0.3, 0.4) is 0 Å². The summed E-state index contributed by atoms with van der Waals surface area (Å²) < 4.78 is 0. The van der Waals surface area contributed by atoms with Crippen molar-refractivity contribution in [1.82, 2.24) is 10.2 Å². The zero-order valence-electron chi connectivity index (χ0n) is 9.58. The fraction of sp³-hybridized carbons (Fsp3) is 0.833. The molecule has 0 aromatic carbocycles.